The standard InChI is InChI=1S/C24H37O11PS/c1-8-28-22(29-9-2)36(25)21(35-37(26,27)16-12-10-15(3)11-13-16)20-19(32-24(6,7)33-20)18(34-36)17-14-30-23(4,5)31-17/h10-13,17-22H,8-9,14H2,1-7H3/t17-,18-,19+,20+,21-,36-/m1/s1. The third-order valence-corrected chi connectivity index (χ3v) is 10.3. The fourth-order valence-electron chi connectivity index (χ4n) is 4.68. The van der Waals surface area contributed by atoms with Crippen molar-refractivity contribution < 1.29 is 50.1 Å². The van der Waals surface area contributed by atoms with Crippen LogP contribution in [0.2, 0.25) is 0 Å². The molecule has 0 aliphatic carbocycles. The maximum atomic E-state index is 14.8. The van der Waals surface area contributed by atoms with E-state index in [1.807, 2.05) is 6.92 Å². The van der Waals surface area contributed by atoms with Crippen molar-refractivity contribution in [2.24, 2.45) is 0 Å². The molecule has 3 aliphatic heterocycles. The van der Waals surface area contributed by atoms with Crippen molar-refractivity contribution in [2.45, 2.75) is 101 Å². The van der Waals surface area contributed by atoms with Gasteiger partial charge in [-0.25, -0.2) is 4.18 Å². The summed E-state index contributed by atoms with van der Waals surface area (Å²) in [4.78, 5) is -0.0971. The number of aryl methyl sites for hydroxylation is 1. The van der Waals surface area contributed by atoms with Crippen LogP contribution < -0.4 is 0 Å². The molecule has 1 aromatic rings. The van der Waals surface area contributed by atoms with Gasteiger partial charge in [-0.2, -0.15) is 8.42 Å². The van der Waals surface area contributed by atoms with E-state index in [-0.39, 0.29) is 24.7 Å². The molecule has 0 saturated carbocycles. The minimum atomic E-state index is -4.40. The number of rotatable bonds is 9. The van der Waals surface area contributed by atoms with Crippen molar-refractivity contribution in [1.82, 2.24) is 0 Å². The van der Waals surface area contributed by atoms with Crippen LogP contribution in [0.5, 0.6) is 0 Å². The number of ether oxygens (including phenoxy) is 6. The third-order valence-electron chi connectivity index (χ3n) is 6.25. The fourth-order valence-corrected chi connectivity index (χ4v) is 8.90. The van der Waals surface area contributed by atoms with E-state index < -0.39 is 65.4 Å². The Kier molecular flexibility index (Phi) is 8.31. The smallest absolute Gasteiger partial charge is 0.297 e. The minimum absolute atomic E-state index is 0.0971. The van der Waals surface area contributed by atoms with Crippen LogP contribution in [0, 0.1) is 6.92 Å². The molecule has 6 atom stereocenters. The minimum Gasteiger partial charge on any atom is -0.348 e. The first-order valence-corrected chi connectivity index (χ1v) is 15.6. The number of hydrogen-bond acceptors (Lipinski definition) is 11. The van der Waals surface area contributed by atoms with Crippen LogP contribution in [-0.4, -0.2) is 76.1 Å². The van der Waals surface area contributed by atoms with Gasteiger partial charge < -0.3 is 32.9 Å². The Morgan fingerprint density at radius 2 is 1.54 bits per heavy atom. The Balaban J connectivity index is 1.78. The van der Waals surface area contributed by atoms with Crippen molar-refractivity contribution in [3.63, 3.8) is 0 Å². The SMILES string of the molecule is CCOC(OCC)[P@]1(=O)O[C@H]([C@H]2COC(C)(C)O2)[C@@H]2OC(C)(C)O[C@@H]2[C@@H]1OS(=O)(=O)c1ccc(C)cc1. The average molecular weight is 565 g/mol. The van der Waals surface area contributed by atoms with E-state index in [0.717, 1.165) is 5.56 Å². The Bertz CT molecular complexity index is 1100. The van der Waals surface area contributed by atoms with Gasteiger partial charge in [0.25, 0.3) is 17.5 Å². The van der Waals surface area contributed by atoms with Gasteiger partial charge in [0.05, 0.1) is 11.5 Å². The van der Waals surface area contributed by atoms with E-state index >= 15 is 0 Å². The highest BCUT2D eigenvalue weighted by molar-refractivity contribution is 7.87. The predicted octanol–water partition coefficient (Wildman–Crippen LogP) is 3.73. The molecule has 0 N–H and O–H groups in total. The van der Waals surface area contributed by atoms with Crippen LogP contribution in [0.3, 0.4) is 0 Å². The second kappa shape index (κ2) is 10.6. The predicted molar refractivity (Wildman–Crippen MR) is 131 cm³/mol. The molecule has 0 unspecified atom stereocenters. The summed E-state index contributed by atoms with van der Waals surface area (Å²) in [5.41, 5.74) is 0.872. The molecule has 210 valence electrons. The van der Waals surface area contributed by atoms with Crippen LogP contribution >= 0.6 is 7.37 Å². The number of fused-ring (bicyclic) bond motifs is 1. The zero-order valence-electron chi connectivity index (χ0n) is 22.2. The Labute approximate surface area is 218 Å². The van der Waals surface area contributed by atoms with Gasteiger partial charge in [-0.15, -0.1) is 0 Å². The Hall–Kier alpha value is -0.920. The highest BCUT2D eigenvalue weighted by Crippen LogP contribution is 2.66. The summed E-state index contributed by atoms with van der Waals surface area (Å²) in [5, 5.41) is 0. The summed E-state index contributed by atoms with van der Waals surface area (Å²) in [6.07, 6.45) is -3.59. The largest absolute Gasteiger partial charge is 0.348 e. The fraction of sp³-hybridized carbons (Fsp3) is 0.750. The lowest BCUT2D eigenvalue weighted by atomic mass is 10.0. The van der Waals surface area contributed by atoms with E-state index in [1.165, 1.54) is 12.1 Å². The maximum absolute atomic E-state index is 14.8. The number of benzene rings is 1. The van der Waals surface area contributed by atoms with Gasteiger partial charge in [0.15, 0.2) is 17.4 Å². The van der Waals surface area contributed by atoms with Gasteiger partial charge in [0.2, 0.25) is 6.03 Å². The first-order valence-electron chi connectivity index (χ1n) is 12.4. The molecule has 11 nitrogen and oxygen atoms in total. The molecule has 3 saturated heterocycles. The highest BCUT2D eigenvalue weighted by atomic mass is 32.2. The van der Waals surface area contributed by atoms with Gasteiger partial charge >= 0.3 is 0 Å². The van der Waals surface area contributed by atoms with E-state index in [2.05, 4.69) is 0 Å². The lowest BCUT2D eigenvalue weighted by molar-refractivity contribution is -0.176. The molecule has 13 heteroatoms. The molecule has 1 aromatic carbocycles. The summed E-state index contributed by atoms with van der Waals surface area (Å²) in [5.74, 6) is -3.66. The molecule has 3 heterocycles. The molecule has 37 heavy (non-hydrogen) atoms. The summed E-state index contributed by atoms with van der Waals surface area (Å²) in [7, 11) is -8.65. The molecular weight excluding hydrogens is 527 g/mol. The monoisotopic (exact) mass is 564 g/mol. The van der Waals surface area contributed by atoms with E-state index in [1.54, 1.807) is 53.7 Å². The molecule has 0 amide bonds. The molecule has 3 fully saturated rings. The Morgan fingerprint density at radius 1 is 0.946 bits per heavy atom. The zero-order chi connectivity index (χ0) is 27.2. The van der Waals surface area contributed by atoms with Crippen LogP contribution in [-0.2, 0) is 51.8 Å². The zero-order valence-corrected chi connectivity index (χ0v) is 24.0. The number of hydrogen-bond donors (Lipinski definition) is 0. The van der Waals surface area contributed by atoms with Crippen molar-refractivity contribution in [3.8, 4) is 0 Å². The third kappa shape index (κ3) is 5.99. The second-order valence-electron chi connectivity index (χ2n) is 10.1. The summed E-state index contributed by atoms with van der Waals surface area (Å²) < 4.78 is 88.9. The van der Waals surface area contributed by atoms with Gasteiger partial charge in [-0.3, -0.25) is 4.57 Å². The molecule has 0 radical (unpaired) electrons. The maximum Gasteiger partial charge on any atom is 0.297 e. The summed E-state index contributed by atoms with van der Waals surface area (Å²) >= 11 is 0. The molecule has 0 aromatic heterocycles. The molecule has 0 spiro atoms. The average Bonchev–Trinajstić information content (AvgIpc) is 3.33. The quantitative estimate of drug-likeness (QED) is 0.247. The second-order valence-corrected chi connectivity index (χ2v) is 14.1. The molecule has 4 rings (SSSR count). The molecule has 0 bridgehead atoms. The van der Waals surface area contributed by atoms with Crippen molar-refractivity contribution >= 4 is 17.5 Å². The molecule has 3 aliphatic rings. The normalized spacial score (nSPS) is 35.1. The van der Waals surface area contributed by atoms with Crippen LogP contribution in [0.15, 0.2) is 29.2 Å². The van der Waals surface area contributed by atoms with Gasteiger partial charge in [0.1, 0.15) is 24.4 Å². The van der Waals surface area contributed by atoms with E-state index in [9.17, 15) is 13.0 Å². The lowest BCUT2D eigenvalue weighted by Crippen LogP contribution is -2.56. The van der Waals surface area contributed by atoms with Crippen LogP contribution in [0.4, 0.5) is 0 Å². The first kappa shape index (κ1) is 29.1. The van der Waals surface area contributed by atoms with Crippen LogP contribution in [0.25, 0.3) is 0 Å². The van der Waals surface area contributed by atoms with Crippen LogP contribution in [0.1, 0.15) is 47.1 Å². The highest BCUT2D eigenvalue weighted by Gasteiger charge is 2.66. The van der Waals surface area contributed by atoms with Gasteiger partial charge in [0, 0.05) is 13.2 Å². The summed E-state index contributed by atoms with van der Waals surface area (Å²) in [6, 6.07) is 4.72. The van der Waals surface area contributed by atoms with E-state index in [0.29, 0.717) is 0 Å². The topological polar surface area (TPSA) is 125 Å². The van der Waals surface area contributed by atoms with E-state index in [4.69, 9.17) is 37.1 Å². The van der Waals surface area contributed by atoms with Gasteiger partial charge in [-0.1, -0.05) is 17.7 Å². The van der Waals surface area contributed by atoms with Crippen molar-refractivity contribution in [3.05, 3.63) is 29.8 Å². The Morgan fingerprint density at radius 3 is 2.08 bits per heavy atom. The van der Waals surface area contributed by atoms with Crippen molar-refractivity contribution in [1.29, 1.82) is 0 Å². The molecular formula is C24H37O11PS. The first-order chi connectivity index (χ1) is 17.2. The van der Waals surface area contributed by atoms with Gasteiger partial charge in [-0.05, 0) is 60.6 Å². The lowest BCUT2D eigenvalue weighted by Gasteiger charge is -2.44. The summed E-state index contributed by atoms with van der Waals surface area (Å²) in [6.45, 7) is 12.5. The van der Waals surface area contributed by atoms with Crippen molar-refractivity contribution in [2.75, 3.05) is 19.8 Å².